The van der Waals surface area contributed by atoms with Crippen molar-refractivity contribution in [2.45, 2.75) is 19.4 Å². The Hall–Kier alpha value is -2.18. The standard InChI is InChI=1S/C11H13FN2O4/c1-11(2,18-10(13)16)6-17-9-7(5-15)3-8(12)4-14-9/h3-5H,6H2,1-2H3,(H2,13,16). The molecule has 0 unspecified atom stereocenters. The first-order chi connectivity index (χ1) is 8.34. The summed E-state index contributed by atoms with van der Waals surface area (Å²) in [5.74, 6) is -0.676. The Morgan fingerprint density at radius 1 is 1.61 bits per heavy atom. The van der Waals surface area contributed by atoms with E-state index in [1.54, 1.807) is 13.8 Å². The van der Waals surface area contributed by atoms with Gasteiger partial charge in [0, 0.05) is 0 Å². The summed E-state index contributed by atoms with van der Waals surface area (Å²) in [6, 6.07) is 0.997. The third kappa shape index (κ3) is 4.00. The summed E-state index contributed by atoms with van der Waals surface area (Å²) in [6.45, 7) is 3.07. The van der Waals surface area contributed by atoms with Gasteiger partial charge in [-0.1, -0.05) is 0 Å². The van der Waals surface area contributed by atoms with Crippen LogP contribution in [0, 0.1) is 5.82 Å². The molecule has 7 heteroatoms. The van der Waals surface area contributed by atoms with E-state index >= 15 is 0 Å². The van der Waals surface area contributed by atoms with Crippen LogP contribution in [-0.2, 0) is 4.74 Å². The van der Waals surface area contributed by atoms with E-state index in [1.165, 1.54) is 0 Å². The van der Waals surface area contributed by atoms with E-state index < -0.39 is 17.5 Å². The molecule has 18 heavy (non-hydrogen) atoms. The van der Waals surface area contributed by atoms with E-state index in [0.29, 0.717) is 6.29 Å². The molecule has 0 saturated carbocycles. The van der Waals surface area contributed by atoms with Crippen molar-refractivity contribution in [1.82, 2.24) is 4.98 Å². The molecular formula is C11H13FN2O4. The lowest BCUT2D eigenvalue weighted by atomic mass is 10.1. The predicted octanol–water partition coefficient (Wildman–Crippen LogP) is 1.29. The highest BCUT2D eigenvalue weighted by atomic mass is 19.1. The molecule has 0 spiro atoms. The van der Waals surface area contributed by atoms with Crippen LogP contribution in [0.5, 0.6) is 5.88 Å². The van der Waals surface area contributed by atoms with Crippen LogP contribution in [0.3, 0.4) is 0 Å². The van der Waals surface area contributed by atoms with Crippen LogP contribution in [0.25, 0.3) is 0 Å². The average molecular weight is 256 g/mol. The topological polar surface area (TPSA) is 91.5 Å². The van der Waals surface area contributed by atoms with Crippen LogP contribution in [0.2, 0.25) is 0 Å². The zero-order chi connectivity index (χ0) is 13.8. The maximum Gasteiger partial charge on any atom is 0.405 e. The molecular weight excluding hydrogens is 243 g/mol. The number of aldehydes is 1. The van der Waals surface area contributed by atoms with Crippen LogP contribution in [0.4, 0.5) is 9.18 Å². The van der Waals surface area contributed by atoms with E-state index in [1.807, 2.05) is 0 Å². The predicted molar refractivity (Wildman–Crippen MR) is 59.8 cm³/mol. The summed E-state index contributed by atoms with van der Waals surface area (Å²) >= 11 is 0. The van der Waals surface area contributed by atoms with Crippen molar-refractivity contribution >= 4 is 12.4 Å². The fraction of sp³-hybridized carbons (Fsp3) is 0.364. The Morgan fingerprint density at radius 3 is 2.83 bits per heavy atom. The highest BCUT2D eigenvalue weighted by Crippen LogP contribution is 2.17. The highest BCUT2D eigenvalue weighted by Gasteiger charge is 2.23. The fourth-order valence-electron chi connectivity index (χ4n) is 1.19. The van der Waals surface area contributed by atoms with Gasteiger partial charge in [0.2, 0.25) is 5.88 Å². The van der Waals surface area contributed by atoms with Crippen LogP contribution < -0.4 is 10.5 Å². The Bertz CT molecular complexity index is 462. The van der Waals surface area contributed by atoms with Gasteiger partial charge in [-0.2, -0.15) is 0 Å². The van der Waals surface area contributed by atoms with Crippen molar-refractivity contribution in [1.29, 1.82) is 0 Å². The van der Waals surface area contributed by atoms with Gasteiger partial charge < -0.3 is 15.2 Å². The number of hydrogen-bond acceptors (Lipinski definition) is 5. The molecule has 0 aromatic carbocycles. The van der Waals surface area contributed by atoms with Gasteiger partial charge in [0.15, 0.2) is 6.29 Å². The lowest BCUT2D eigenvalue weighted by molar-refractivity contribution is 0.00782. The molecule has 0 radical (unpaired) electrons. The number of primary amides is 1. The van der Waals surface area contributed by atoms with E-state index in [2.05, 4.69) is 4.98 Å². The first-order valence-corrected chi connectivity index (χ1v) is 5.06. The van der Waals surface area contributed by atoms with Crippen molar-refractivity contribution in [3.63, 3.8) is 0 Å². The summed E-state index contributed by atoms with van der Waals surface area (Å²) < 4.78 is 22.8. The molecule has 0 atom stereocenters. The van der Waals surface area contributed by atoms with E-state index in [-0.39, 0.29) is 18.1 Å². The summed E-state index contributed by atoms with van der Waals surface area (Å²) in [5, 5.41) is 0. The van der Waals surface area contributed by atoms with E-state index in [0.717, 1.165) is 12.3 Å². The van der Waals surface area contributed by atoms with Gasteiger partial charge in [0.05, 0.1) is 11.8 Å². The molecule has 1 amide bonds. The molecule has 1 aromatic rings. The number of carbonyl (C=O) groups is 2. The maximum atomic E-state index is 12.8. The maximum absolute atomic E-state index is 12.8. The lowest BCUT2D eigenvalue weighted by Crippen LogP contribution is -2.37. The summed E-state index contributed by atoms with van der Waals surface area (Å²) in [4.78, 5) is 24.9. The molecule has 1 rings (SSSR count). The average Bonchev–Trinajstić information content (AvgIpc) is 2.25. The number of nitrogens with two attached hydrogens (primary N) is 1. The molecule has 2 N–H and O–H groups in total. The second kappa shape index (κ2) is 5.44. The SMILES string of the molecule is CC(C)(COc1ncc(F)cc1C=O)OC(N)=O. The van der Waals surface area contributed by atoms with E-state index in [4.69, 9.17) is 15.2 Å². The minimum atomic E-state index is -0.984. The Kier molecular flexibility index (Phi) is 4.19. The zero-order valence-corrected chi connectivity index (χ0v) is 9.97. The van der Waals surface area contributed by atoms with Crippen LogP contribution in [0.15, 0.2) is 12.3 Å². The molecule has 98 valence electrons. The van der Waals surface area contributed by atoms with Gasteiger partial charge in [-0.15, -0.1) is 0 Å². The molecule has 0 aliphatic heterocycles. The highest BCUT2D eigenvalue weighted by molar-refractivity contribution is 5.78. The van der Waals surface area contributed by atoms with Gasteiger partial charge in [-0.3, -0.25) is 4.79 Å². The van der Waals surface area contributed by atoms with Crippen LogP contribution in [0.1, 0.15) is 24.2 Å². The smallest absolute Gasteiger partial charge is 0.405 e. The second-order valence-electron chi connectivity index (χ2n) is 4.14. The summed E-state index contributed by atoms with van der Waals surface area (Å²) in [5.41, 5.74) is 3.88. The molecule has 0 saturated heterocycles. The minimum Gasteiger partial charge on any atom is -0.473 e. The number of pyridine rings is 1. The molecule has 0 aliphatic rings. The molecule has 1 aromatic heterocycles. The monoisotopic (exact) mass is 256 g/mol. The normalized spacial score (nSPS) is 10.8. The Labute approximate surface area is 103 Å². The number of carbonyl (C=O) groups excluding carboxylic acids is 2. The number of halogens is 1. The Balaban J connectivity index is 2.74. The number of nitrogens with zero attached hydrogens (tertiary/aromatic N) is 1. The minimum absolute atomic E-state index is 0.0233. The number of amides is 1. The van der Waals surface area contributed by atoms with Gasteiger partial charge >= 0.3 is 6.09 Å². The fourth-order valence-corrected chi connectivity index (χ4v) is 1.19. The van der Waals surface area contributed by atoms with E-state index in [9.17, 15) is 14.0 Å². The second-order valence-corrected chi connectivity index (χ2v) is 4.14. The lowest BCUT2D eigenvalue weighted by Gasteiger charge is -2.23. The molecule has 1 heterocycles. The third-order valence-corrected chi connectivity index (χ3v) is 1.91. The summed E-state index contributed by atoms with van der Waals surface area (Å²) in [6.07, 6.45) is 0.406. The van der Waals surface area contributed by atoms with Crippen molar-refractivity contribution in [3.8, 4) is 5.88 Å². The zero-order valence-electron chi connectivity index (χ0n) is 9.97. The third-order valence-electron chi connectivity index (χ3n) is 1.91. The van der Waals surface area contributed by atoms with Gasteiger partial charge in [-0.05, 0) is 19.9 Å². The first kappa shape index (κ1) is 13.9. The largest absolute Gasteiger partial charge is 0.473 e. The number of hydrogen-bond donors (Lipinski definition) is 1. The van der Waals surface area contributed by atoms with Gasteiger partial charge in [0.1, 0.15) is 18.0 Å². The number of aromatic nitrogens is 1. The van der Waals surface area contributed by atoms with Gasteiger partial charge in [0.25, 0.3) is 0 Å². The van der Waals surface area contributed by atoms with Crippen LogP contribution >= 0.6 is 0 Å². The van der Waals surface area contributed by atoms with Crippen molar-refractivity contribution in [3.05, 3.63) is 23.6 Å². The summed E-state index contributed by atoms with van der Waals surface area (Å²) in [7, 11) is 0. The number of ether oxygens (including phenoxy) is 2. The van der Waals surface area contributed by atoms with Crippen molar-refractivity contribution in [2.24, 2.45) is 5.73 Å². The molecule has 0 bridgehead atoms. The molecule has 0 aliphatic carbocycles. The molecule has 0 fully saturated rings. The first-order valence-electron chi connectivity index (χ1n) is 5.06. The quantitative estimate of drug-likeness (QED) is 0.801. The number of rotatable bonds is 5. The van der Waals surface area contributed by atoms with Crippen LogP contribution in [-0.4, -0.2) is 29.6 Å². The van der Waals surface area contributed by atoms with Crippen molar-refractivity contribution in [2.75, 3.05) is 6.61 Å². The van der Waals surface area contributed by atoms with Crippen molar-refractivity contribution < 1.29 is 23.5 Å². The Morgan fingerprint density at radius 2 is 2.28 bits per heavy atom. The van der Waals surface area contributed by atoms with Gasteiger partial charge in [-0.25, -0.2) is 14.2 Å². The molecule has 6 nitrogen and oxygen atoms in total.